The largest absolute Gasteiger partial charge is 0.465 e. The van der Waals surface area contributed by atoms with E-state index in [0.29, 0.717) is 17.5 Å². The highest BCUT2D eigenvalue weighted by Crippen LogP contribution is 2.07. The van der Waals surface area contributed by atoms with Gasteiger partial charge in [-0.3, -0.25) is 0 Å². The lowest BCUT2D eigenvalue weighted by Crippen LogP contribution is -2.27. The number of esters is 1. The summed E-state index contributed by atoms with van der Waals surface area (Å²) in [4.78, 5) is 22.6. The fourth-order valence-corrected chi connectivity index (χ4v) is 1.54. The molecule has 0 aliphatic heterocycles. The maximum absolute atomic E-state index is 13.1. The number of benzene rings is 1. The Labute approximate surface area is 117 Å². The first-order chi connectivity index (χ1) is 9.56. The van der Waals surface area contributed by atoms with Crippen LogP contribution in [0, 0.1) is 0 Å². The molecule has 1 unspecified atom stereocenters. The Bertz CT molecular complexity index is 464. The van der Waals surface area contributed by atoms with E-state index in [2.05, 4.69) is 14.8 Å². The lowest BCUT2D eigenvalue weighted by atomic mass is 10.1. The maximum atomic E-state index is 13.1. The van der Waals surface area contributed by atoms with E-state index in [0.717, 1.165) is 0 Å². The number of halogens is 1. The van der Waals surface area contributed by atoms with Gasteiger partial charge >= 0.3 is 12.1 Å². The third kappa shape index (κ3) is 5.26. The van der Waals surface area contributed by atoms with E-state index in [1.807, 2.05) is 0 Å². The molecule has 1 aromatic rings. The molecule has 1 atom stereocenters. The monoisotopic (exact) mass is 283 g/mol. The van der Waals surface area contributed by atoms with Crippen molar-refractivity contribution in [3.63, 3.8) is 0 Å². The molecule has 0 fully saturated rings. The van der Waals surface area contributed by atoms with Crippen molar-refractivity contribution in [3.05, 3.63) is 35.4 Å². The summed E-state index contributed by atoms with van der Waals surface area (Å²) in [6.45, 7) is 1.94. The lowest BCUT2D eigenvalue weighted by Gasteiger charge is -2.10. The number of alkyl carbamates (subject to hydrolysis) is 1. The predicted molar refractivity (Wildman–Crippen MR) is 70.9 cm³/mol. The molecule has 0 radical (unpaired) electrons. The molecule has 0 spiro atoms. The summed E-state index contributed by atoms with van der Waals surface area (Å²) < 4.78 is 22.1. The number of hydrogen-bond donors (Lipinski definition) is 1. The highest BCUT2D eigenvalue weighted by atomic mass is 19.1. The lowest BCUT2D eigenvalue weighted by molar-refractivity contribution is 0.00798. The SMILES string of the molecule is CCCC(F)OC(=O)NCc1cccc(C(=O)OC)c1. The van der Waals surface area contributed by atoms with Gasteiger partial charge in [-0.05, 0) is 24.1 Å². The summed E-state index contributed by atoms with van der Waals surface area (Å²) in [5, 5.41) is 2.42. The Hall–Kier alpha value is -2.11. The van der Waals surface area contributed by atoms with Gasteiger partial charge in [-0.1, -0.05) is 19.1 Å². The van der Waals surface area contributed by atoms with Crippen molar-refractivity contribution in [1.29, 1.82) is 0 Å². The summed E-state index contributed by atoms with van der Waals surface area (Å²) >= 11 is 0. The Morgan fingerprint density at radius 3 is 2.80 bits per heavy atom. The van der Waals surface area contributed by atoms with E-state index in [4.69, 9.17) is 0 Å². The van der Waals surface area contributed by atoms with Crippen LogP contribution in [0.3, 0.4) is 0 Å². The first-order valence-electron chi connectivity index (χ1n) is 6.32. The second-order valence-electron chi connectivity index (χ2n) is 4.15. The molecule has 0 bridgehead atoms. The van der Waals surface area contributed by atoms with Crippen molar-refractivity contribution >= 4 is 12.1 Å². The molecule has 0 aromatic heterocycles. The highest BCUT2D eigenvalue weighted by molar-refractivity contribution is 5.89. The van der Waals surface area contributed by atoms with Crippen LogP contribution < -0.4 is 5.32 Å². The van der Waals surface area contributed by atoms with Gasteiger partial charge in [0.1, 0.15) is 0 Å². The van der Waals surface area contributed by atoms with Gasteiger partial charge in [0.15, 0.2) is 0 Å². The highest BCUT2D eigenvalue weighted by Gasteiger charge is 2.11. The first-order valence-corrected chi connectivity index (χ1v) is 6.32. The van der Waals surface area contributed by atoms with Crippen LogP contribution in [0.1, 0.15) is 35.7 Å². The number of hydrogen-bond acceptors (Lipinski definition) is 4. The number of carbonyl (C=O) groups excluding carboxylic acids is 2. The van der Waals surface area contributed by atoms with Gasteiger partial charge in [0, 0.05) is 13.0 Å². The standard InChI is InChI=1S/C14H18FNO4/c1-3-5-12(15)20-14(18)16-9-10-6-4-7-11(8-10)13(17)19-2/h4,6-8,12H,3,5,9H2,1-2H3,(H,16,18). The van der Waals surface area contributed by atoms with Crippen molar-refractivity contribution in [3.8, 4) is 0 Å². The third-order valence-corrected chi connectivity index (χ3v) is 2.54. The molecule has 5 nitrogen and oxygen atoms in total. The number of rotatable bonds is 6. The Morgan fingerprint density at radius 2 is 2.15 bits per heavy atom. The van der Waals surface area contributed by atoms with Crippen LogP contribution in [0.15, 0.2) is 24.3 Å². The van der Waals surface area contributed by atoms with Crippen molar-refractivity contribution in [1.82, 2.24) is 5.32 Å². The van der Waals surface area contributed by atoms with Crippen LogP contribution in [0.2, 0.25) is 0 Å². The van der Waals surface area contributed by atoms with Crippen molar-refractivity contribution in [2.24, 2.45) is 0 Å². The molecule has 1 rings (SSSR count). The van der Waals surface area contributed by atoms with Gasteiger partial charge in [0.25, 0.3) is 0 Å². The molecule has 110 valence electrons. The zero-order valence-corrected chi connectivity index (χ0v) is 11.5. The quantitative estimate of drug-likeness (QED) is 0.815. The van der Waals surface area contributed by atoms with Gasteiger partial charge in [0.05, 0.1) is 12.7 Å². The van der Waals surface area contributed by atoms with Gasteiger partial charge in [-0.2, -0.15) is 0 Å². The van der Waals surface area contributed by atoms with E-state index in [-0.39, 0.29) is 13.0 Å². The summed E-state index contributed by atoms with van der Waals surface area (Å²) in [6, 6.07) is 6.59. The second kappa shape index (κ2) is 8.14. The van der Waals surface area contributed by atoms with Gasteiger partial charge < -0.3 is 14.8 Å². The molecule has 0 aliphatic carbocycles. The topological polar surface area (TPSA) is 64.6 Å². The number of alkyl halides is 1. The Kier molecular flexibility index (Phi) is 6.49. The summed E-state index contributed by atoms with van der Waals surface area (Å²) in [7, 11) is 1.29. The Morgan fingerprint density at radius 1 is 1.40 bits per heavy atom. The van der Waals surface area contributed by atoms with Gasteiger partial charge in [0.2, 0.25) is 6.36 Å². The molecular formula is C14H18FNO4. The zero-order valence-electron chi connectivity index (χ0n) is 11.5. The molecule has 0 saturated heterocycles. The smallest absolute Gasteiger partial charge is 0.409 e. The average molecular weight is 283 g/mol. The summed E-state index contributed by atoms with van der Waals surface area (Å²) in [5.41, 5.74) is 1.07. The third-order valence-electron chi connectivity index (χ3n) is 2.54. The molecule has 0 heterocycles. The van der Waals surface area contributed by atoms with Crippen LogP contribution >= 0.6 is 0 Å². The first kappa shape index (κ1) is 15.9. The van der Waals surface area contributed by atoms with Crippen molar-refractivity contribution in [2.75, 3.05) is 7.11 Å². The van der Waals surface area contributed by atoms with Gasteiger partial charge in [-0.15, -0.1) is 0 Å². The molecule has 1 aromatic carbocycles. The van der Waals surface area contributed by atoms with E-state index in [9.17, 15) is 14.0 Å². The zero-order chi connectivity index (χ0) is 15.0. The maximum Gasteiger partial charge on any atom is 0.409 e. The summed E-state index contributed by atoms with van der Waals surface area (Å²) in [6.07, 6.45) is -1.66. The van der Waals surface area contributed by atoms with E-state index >= 15 is 0 Å². The van der Waals surface area contributed by atoms with Crippen LogP contribution in [0.4, 0.5) is 9.18 Å². The Balaban J connectivity index is 2.49. The molecule has 6 heteroatoms. The van der Waals surface area contributed by atoms with Crippen LogP contribution in [-0.2, 0) is 16.0 Å². The minimum absolute atomic E-state index is 0.141. The number of amides is 1. The van der Waals surface area contributed by atoms with Crippen molar-refractivity contribution in [2.45, 2.75) is 32.7 Å². The molecular weight excluding hydrogens is 265 g/mol. The molecule has 1 amide bonds. The number of methoxy groups -OCH3 is 1. The second-order valence-corrected chi connectivity index (χ2v) is 4.15. The number of ether oxygens (including phenoxy) is 2. The molecule has 0 aliphatic rings. The average Bonchev–Trinajstić information content (AvgIpc) is 2.44. The normalized spacial score (nSPS) is 11.6. The molecule has 20 heavy (non-hydrogen) atoms. The van der Waals surface area contributed by atoms with Gasteiger partial charge in [-0.25, -0.2) is 14.0 Å². The van der Waals surface area contributed by atoms with Crippen LogP contribution in [-0.4, -0.2) is 25.5 Å². The number of nitrogens with one attached hydrogen (secondary N) is 1. The van der Waals surface area contributed by atoms with E-state index in [1.54, 1.807) is 31.2 Å². The van der Waals surface area contributed by atoms with Crippen LogP contribution in [0.25, 0.3) is 0 Å². The van der Waals surface area contributed by atoms with Crippen LogP contribution in [0.5, 0.6) is 0 Å². The number of carbonyl (C=O) groups is 2. The van der Waals surface area contributed by atoms with E-state index in [1.165, 1.54) is 7.11 Å². The van der Waals surface area contributed by atoms with Crippen molar-refractivity contribution < 1.29 is 23.5 Å². The van der Waals surface area contributed by atoms with E-state index < -0.39 is 18.4 Å². The minimum Gasteiger partial charge on any atom is -0.465 e. The summed E-state index contributed by atoms with van der Waals surface area (Å²) in [5.74, 6) is -0.457. The minimum atomic E-state index is -1.60. The fraction of sp³-hybridized carbons (Fsp3) is 0.429. The fourth-order valence-electron chi connectivity index (χ4n) is 1.54. The molecule has 1 N–H and O–H groups in total. The predicted octanol–water partition coefficient (Wildman–Crippen LogP) is 2.80. The molecule has 0 saturated carbocycles.